The number of thiophene rings is 1. The van der Waals surface area contributed by atoms with Gasteiger partial charge in [-0.15, -0.1) is 11.3 Å². The first-order chi connectivity index (χ1) is 12.0. The lowest BCUT2D eigenvalue weighted by Gasteiger charge is -2.15. The summed E-state index contributed by atoms with van der Waals surface area (Å²) in [6, 6.07) is 11.3. The van der Waals surface area contributed by atoms with Crippen molar-refractivity contribution in [3.63, 3.8) is 0 Å². The van der Waals surface area contributed by atoms with E-state index in [1.54, 1.807) is 10.6 Å². The second-order valence-electron chi connectivity index (χ2n) is 6.02. The molecule has 0 aliphatic carbocycles. The van der Waals surface area contributed by atoms with E-state index in [1.165, 1.54) is 11.3 Å². The summed E-state index contributed by atoms with van der Waals surface area (Å²) in [4.78, 5) is 25.5. The van der Waals surface area contributed by atoms with Gasteiger partial charge in [0.15, 0.2) is 5.75 Å². The highest BCUT2D eigenvalue weighted by atomic mass is 32.1. The molecule has 0 unspecified atom stereocenters. The van der Waals surface area contributed by atoms with Crippen LogP contribution < -0.4 is 10.9 Å². The van der Waals surface area contributed by atoms with Crippen molar-refractivity contribution < 1.29 is 9.90 Å². The summed E-state index contributed by atoms with van der Waals surface area (Å²) in [5, 5.41) is 15.1. The molecule has 3 aromatic rings. The Morgan fingerprint density at radius 1 is 1.28 bits per heavy atom. The third-order valence-electron chi connectivity index (χ3n) is 4.25. The second-order valence-corrected chi connectivity index (χ2v) is 6.93. The minimum Gasteiger partial charge on any atom is -0.505 e. The monoisotopic (exact) mass is 356 g/mol. The first-order valence-corrected chi connectivity index (χ1v) is 9.08. The Balaban J connectivity index is 2.15. The van der Waals surface area contributed by atoms with E-state index in [0.717, 1.165) is 12.0 Å². The molecule has 0 fully saturated rings. The lowest BCUT2D eigenvalue weighted by atomic mass is 10.1. The van der Waals surface area contributed by atoms with Crippen LogP contribution in [0.4, 0.5) is 0 Å². The number of hydrogen-bond donors (Lipinski definition) is 2. The van der Waals surface area contributed by atoms with E-state index in [9.17, 15) is 14.7 Å². The van der Waals surface area contributed by atoms with E-state index in [1.807, 2.05) is 49.6 Å². The smallest absolute Gasteiger partial charge is 0.268 e. The predicted molar refractivity (Wildman–Crippen MR) is 101 cm³/mol. The van der Waals surface area contributed by atoms with Crippen LogP contribution in [0.15, 0.2) is 46.6 Å². The summed E-state index contributed by atoms with van der Waals surface area (Å²) >= 11 is 1.31. The molecule has 25 heavy (non-hydrogen) atoms. The van der Waals surface area contributed by atoms with Crippen molar-refractivity contribution in [1.29, 1.82) is 0 Å². The number of pyridine rings is 1. The quantitative estimate of drug-likeness (QED) is 0.736. The van der Waals surface area contributed by atoms with Gasteiger partial charge < -0.3 is 15.0 Å². The van der Waals surface area contributed by atoms with Gasteiger partial charge in [-0.1, -0.05) is 37.3 Å². The Hall–Kier alpha value is -2.60. The van der Waals surface area contributed by atoms with Crippen LogP contribution in [0.1, 0.15) is 36.2 Å². The number of carbonyl (C=O) groups excluding carboxylic acids is 1. The van der Waals surface area contributed by atoms with E-state index in [0.29, 0.717) is 16.8 Å². The van der Waals surface area contributed by atoms with Gasteiger partial charge in [-0.3, -0.25) is 9.59 Å². The van der Waals surface area contributed by atoms with Crippen molar-refractivity contribution >= 4 is 27.5 Å². The van der Waals surface area contributed by atoms with Crippen molar-refractivity contribution in [3.05, 3.63) is 63.3 Å². The molecule has 0 saturated heterocycles. The van der Waals surface area contributed by atoms with Gasteiger partial charge >= 0.3 is 0 Å². The molecule has 0 saturated carbocycles. The Bertz CT molecular complexity index is 960. The maximum atomic E-state index is 13.0. The molecular weight excluding hydrogens is 336 g/mol. The van der Waals surface area contributed by atoms with Gasteiger partial charge in [-0.2, -0.15) is 0 Å². The zero-order valence-electron chi connectivity index (χ0n) is 14.2. The Labute approximate surface area is 149 Å². The fourth-order valence-corrected chi connectivity index (χ4v) is 3.52. The van der Waals surface area contributed by atoms with Crippen LogP contribution in [0.2, 0.25) is 0 Å². The normalized spacial score (nSPS) is 12.2. The summed E-state index contributed by atoms with van der Waals surface area (Å²) in [6.45, 7) is 4.15. The molecule has 0 spiro atoms. The van der Waals surface area contributed by atoms with E-state index >= 15 is 0 Å². The predicted octanol–water partition coefficient (Wildman–Crippen LogP) is 3.35. The number of benzene rings is 1. The minimum absolute atomic E-state index is 0.0760. The van der Waals surface area contributed by atoms with Crippen molar-refractivity contribution in [2.24, 2.45) is 0 Å². The molecule has 0 bridgehead atoms. The summed E-state index contributed by atoms with van der Waals surface area (Å²) in [7, 11) is 0. The number of nitrogens with one attached hydrogen (secondary N) is 1. The molecule has 3 rings (SSSR count). The van der Waals surface area contributed by atoms with E-state index in [2.05, 4.69) is 5.32 Å². The molecule has 2 aromatic heterocycles. The minimum atomic E-state index is -0.533. The van der Waals surface area contributed by atoms with Crippen LogP contribution in [-0.4, -0.2) is 21.6 Å². The molecule has 6 heteroatoms. The van der Waals surface area contributed by atoms with Gasteiger partial charge in [0.1, 0.15) is 5.56 Å². The molecule has 2 N–H and O–H groups in total. The van der Waals surface area contributed by atoms with Crippen molar-refractivity contribution in [2.45, 2.75) is 32.9 Å². The fraction of sp³-hybridized carbons (Fsp3) is 0.263. The third-order valence-corrected chi connectivity index (χ3v) is 5.16. The zero-order valence-corrected chi connectivity index (χ0v) is 15.0. The van der Waals surface area contributed by atoms with Crippen LogP contribution in [-0.2, 0) is 6.54 Å². The van der Waals surface area contributed by atoms with Gasteiger partial charge in [0.2, 0.25) is 0 Å². The average molecular weight is 356 g/mol. The Morgan fingerprint density at radius 2 is 2.00 bits per heavy atom. The fourth-order valence-electron chi connectivity index (χ4n) is 2.68. The van der Waals surface area contributed by atoms with Gasteiger partial charge in [0, 0.05) is 6.04 Å². The maximum Gasteiger partial charge on any atom is 0.268 e. The van der Waals surface area contributed by atoms with Crippen LogP contribution in [0.25, 0.3) is 10.2 Å². The molecule has 1 amide bonds. The van der Waals surface area contributed by atoms with Crippen molar-refractivity contribution in [2.75, 3.05) is 0 Å². The topological polar surface area (TPSA) is 71.3 Å². The number of hydrogen-bond acceptors (Lipinski definition) is 4. The van der Waals surface area contributed by atoms with Gasteiger partial charge in [0.25, 0.3) is 11.5 Å². The molecule has 2 heterocycles. The molecule has 0 aliphatic heterocycles. The molecular formula is C19H20N2O3S. The molecule has 1 atom stereocenters. The molecule has 1 aromatic carbocycles. The van der Waals surface area contributed by atoms with Gasteiger partial charge in [-0.05, 0) is 30.4 Å². The lowest BCUT2D eigenvalue weighted by molar-refractivity contribution is 0.0934. The highest BCUT2D eigenvalue weighted by Crippen LogP contribution is 2.31. The van der Waals surface area contributed by atoms with Crippen LogP contribution in [0.3, 0.4) is 0 Å². The number of aromatic nitrogens is 1. The zero-order chi connectivity index (χ0) is 18.0. The molecule has 0 radical (unpaired) electrons. The standard InChI is InChI=1S/C19H20N2O3S/c1-3-12(2)20-18(23)15-16(22)17-14(9-10-25-17)21(19(15)24)11-13-7-5-4-6-8-13/h4-10,12,22H,3,11H2,1-2H3,(H,20,23)/t12-/m0/s1. The van der Waals surface area contributed by atoms with Crippen LogP contribution in [0.5, 0.6) is 5.75 Å². The molecule has 0 aliphatic rings. The summed E-state index contributed by atoms with van der Waals surface area (Å²) in [5.41, 5.74) is 0.923. The number of aromatic hydroxyl groups is 1. The van der Waals surface area contributed by atoms with Crippen molar-refractivity contribution in [1.82, 2.24) is 9.88 Å². The van der Waals surface area contributed by atoms with Crippen LogP contribution >= 0.6 is 11.3 Å². The SMILES string of the molecule is CC[C@H](C)NC(=O)c1c(O)c2sccc2n(Cc2ccccc2)c1=O. The van der Waals surface area contributed by atoms with E-state index < -0.39 is 11.5 Å². The van der Waals surface area contributed by atoms with Gasteiger partial charge in [0.05, 0.1) is 16.8 Å². The number of amides is 1. The van der Waals surface area contributed by atoms with Crippen LogP contribution in [0, 0.1) is 0 Å². The van der Waals surface area contributed by atoms with Gasteiger partial charge in [-0.25, -0.2) is 0 Å². The Kier molecular flexibility index (Phi) is 4.90. The van der Waals surface area contributed by atoms with Crippen molar-refractivity contribution in [3.8, 4) is 5.75 Å². The largest absolute Gasteiger partial charge is 0.505 e. The average Bonchev–Trinajstić information content (AvgIpc) is 3.09. The van der Waals surface area contributed by atoms with E-state index in [-0.39, 0.29) is 17.4 Å². The highest BCUT2D eigenvalue weighted by molar-refractivity contribution is 7.17. The second kappa shape index (κ2) is 7.11. The Morgan fingerprint density at radius 3 is 2.68 bits per heavy atom. The number of carbonyl (C=O) groups is 1. The number of rotatable bonds is 5. The van der Waals surface area contributed by atoms with E-state index in [4.69, 9.17) is 0 Å². The first kappa shape index (κ1) is 17.2. The molecule has 130 valence electrons. The highest BCUT2D eigenvalue weighted by Gasteiger charge is 2.23. The summed E-state index contributed by atoms with van der Waals surface area (Å²) in [6.07, 6.45) is 0.742. The summed E-state index contributed by atoms with van der Waals surface area (Å²) < 4.78 is 2.09. The summed E-state index contributed by atoms with van der Waals surface area (Å²) in [5.74, 6) is -0.769. The first-order valence-electron chi connectivity index (χ1n) is 8.20. The maximum absolute atomic E-state index is 13.0. The number of nitrogens with zero attached hydrogens (tertiary/aromatic N) is 1. The lowest BCUT2D eigenvalue weighted by Crippen LogP contribution is -2.37. The molecule has 5 nitrogen and oxygen atoms in total. The number of fused-ring (bicyclic) bond motifs is 1. The third kappa shape index (κ3) is 3.30.